The smallest absolute Gasteiger partial charge is 0.0192 e. The van der Waals surface area contributed by atoms with E-state index in [2.05, 4.69) is 25.7 Å². The summed E-state index contributed by atoms with van der Waals surface area (Å²) < 4.78 is 0. The second kappa shape index (κ2) is 4.76. The highest BCUT2D eigenvalue weighted by Gasteiger charge is 2.18. The maximum Gasteiger partial charge on any atom is 0.0192 e. The third kappa shape index (κ3) is 2.82. The first-order valence-corrected chi connectivity index (χ1v) is 4.88. The van der Waals surface area contributed by atoms with E-state index in [4.69, 9.17) is 0 Å². The number of hydrogen-bond donors (Lipinski definition) is 1. The maximum atomic E-state index is 3.39. The SMILES string of the molecule is C[CH]NC(C)C1CCCCC1. The molecular formula is C10H20N. The molecule has 1 rings (SSSR count). The summed E-state index contributed by atoms with van der Waals surface area (Å²) in [4.78, 5) is 0. The Hall–Kier alpha value is -0.0400. The molecule has 0 aromatic rings. The summed E-state index contributed by atoms with van der Waals surface area (Å²) in [5.41, 5.74) is 0. The first-order valence-electron chi connectivity index (χ1n) is 4.88. The Morgan fingerprint density at radius 3 is 2.45 bits per heavy atom. The van der Waals surface area contributed by atoms with Crippen LogP contribution in [0.25, 0.3) is 0 Å². The van der Waals surface area contributed by atoms with Gasteiger partial charge in [-0.3, -0.25) is 0 Å². The van der Waals surface area contributed by atoms with E-state index in [0.717, 1.165) is 5.92 Å². The molecule has 0 amide bonds. The third-order valence-electron chi connectivity index (χ3n) is 2.79. The largest absolute Gasteiger partial charge is 0.310 e. The molecule has 0 aromatic carbocycles. The Bertz CT molecular complexity index is 95.0. The lowest BCUT2D eigenvalue weighted by atomic mass is 9.84. The fourth-order valence-corrected chi connectivity index (χ4v) is 2.03. The van der Waals surface area contributed by atoms with Crippen molar-refractivity contribution in [1.82, 2.24) is 5.32 Å². The molecule has 1 radical (unpaired) electrons. The fourth-order valence-electron chi connectivity index (χ4n) is 2.03. The molecule has 1 atom stereocenters. The van der Waals surface area contributed by atoms with Gasteiger partial charge in [-0.25, -0.2) is 0 Å². The van der Waals surface area contributed by atoms with Gasteiger partial charge in [-0.1, -0.05) is 19.3 Å². The first kappa shape index (κ1) is 9.05. The molecule has 1 nitrogen and oxygen atoms in total. The highest BCUT2D eigenvalue weighted by Crippen LogP contribution is 2.26. The molecule has 0 aromatic heterocycles. The van der Waals surface area contributed by atoms with E-state index in [1.165, 1.54) is 32.1 Å². The van der Waals surface area contributed by atoms with E-state index in [9.17, 15) is 0 Å². The topological polar surface area (TPSA) is 12.0 Å². The van der Waals surface area contributed by atoms with Crippen molar-refractivity contribution in [3.63, 3.8) is 0 Å². The molecule has 1 N–H and O–H groups in total. The zero-order valence-corrected chi connectivity index (χ0v) is 7.77. The Balaban J connectivity index is 2.21. The van der Waals surface area contributed by atoms with Crippen molar-refractivity contribution in [1.29, 1.82) is 0 Å². The van der Waals surface area contributed by atoms with Crippen molar-refractivity contribution in [2.45, 2.75) is 52.0 Å². The Labute approximate surface area is 70.6 Å². The van der Waals surface area contributed by atoms with Crippen molar-refractivity contribution >= 4 is 0 Å². The van der Waals surface area contributed by atoms with E-state index < -0.39 is 0 Å². The lowest BCUT2D eigenvalue weighted by molar-refractivity contribution is 0.292. The van der Waals surface area contributed by atoms with E-state index >= 15 is 0 Å². The summed E-state index contributed by atoms with van der Waals surface area (Å²) in [6.45, 7) is 6.44. The molecule has 0 saturated heterocycles. The Kier molecular flexibility index (Phi) is 3.92. The third-order valence-corrected chi connectivity index (χ3v) is 2.79. The first-order chi connectivity index (χ1) is 5.34. The van der Waals surface area contributed by atoms with Crippen LogP contribution in [0.1, 0.15) is 46.0 Å². The number of rotatable bonds is 3. The van der Waals surface area contributed by atoms with E-state index in [0.29, 0.717) is 6.04 Å². The minimum Gasteiger partial charge on any atom is -0.310 e. The minimum atomic E-state index is 0.695. The highest BCUT2D eigenvalue weighted by atomic mass is 14.9. The monoisotopic (exact) mass is 154 g/mol. The molecule has 1 fully saturated rings. The van der Waals surface area contributed by atoms with Gasteiger partial charge in [0.25, 0.3) is 0 Å². The van der Waals surface area contributed by atoms with Crippen LogP contribution in [-0.4, -0.2) is 6.04 Å². The molecule has 65 valence electrons. The van der Waals surface area contributed by atoms with Crippen molar-refractivity contribution in [3.05, 3.63) is 6.54 Å². The van der Waals surface area contributed by atoms with Crippen LogP contribution in [0, 0.1) is 12.5 Å². The standard InChI is InChI=1S/C10H20N/c1-3-11-9(2)10-7-5-4-6-8-10/h3,9-11H,4-8H2,1-2H3. The van der Waals surface area contributed by atoms with Crippen LogP contribution in [0.5, 0.6) is 0 Å². The molecule has 1 saturated carbocycles. The van der Waals surface area contributed by atoms with Crippen LogP contribution in [-0.2, 0) is 0 Å². The van der Waals surface area contributed by atoms with Gasteiger partial charge in [0.1, 0.15) is 0 Å². The lowest BCUT2D eigenvalue weighted by Gasteiger charge is -2.27. The maximum absolute atomic E-state index is 3.39. The fraction of sp³-hybridized carbons (Fsp3) is 0.900. The normalized spacial score (nSPS) is 23.5. The van der Waals surface area contributed by atoms with E-state index in [1.54, 1.807) is 0 Å². The average Bonchev–Trinajstić information content (AvgIpc) is 2.07. The molecule has 0 heterocycles. The predicted molar refractivity (Wildman–Crippen MR) is 49.1 cm³/mol. The van der Waals surface area contributed by atoms with Gasteiger partial charge in [0, 0.05) is 12.6 Å². The van der Waals surface area contributed by atoms with Crippen LogP contribution >= 0.6 is 0 Å². The summed E-state index contributed by atoms with van der Waals surface area (Å²) in [6.07, 6.45) is 7.21. The summed E-state index contributed by atoms with van der Waals surface area (Å²) in [5.74, 6) is 0.931. The Morgan fingerprint density at radius 1 is 1.27 bits per heavy atom. The van der Waals surface area contributed by atoms with Crippen LogP contribution in [0.4, 0.5) is 0 Å². The molecule has 11 heavy (non-hydrogen) atoms. The highest BCUT2D eigenvalue weighted by molar-refractivity contribution is 4.77. The van der Waals surface area contributed by atoms with E-state index in [1.807, 2.05) is 0 Å². The molecule has 0 aliphatic heterocycles. The van der Waals surface area contributed by atoms with Gasteiger partial charge in [0.15, 0.2) is 0 Å². The molecule has 0 bridgehead atoms. The van der Waals surface area contributed by atoms with Crippen molar-refractivity contribution in [2.24, 2.45) is 5.92 Å². The van der Waals surface area contributed by atoms with E-state index in [-0.39, 0.29) is 0 Å². The van der Waals surface area contributed by atoms with Gasteiger partial charge in [-0.2, -0.15) is 0 Å². The van der Waals surface area contributed by atoms with Crippen LogP contribution in [0.3, 0.4) is 0 Å². The molecule has 1 unspecified atom stereocenters. The molecule has 1 heteroatoms. The molecule has 1 aliphatic rings. The zero-order chi connectivity index (χ0) is 8.10. The molecule has 0 spiro atoms. The summed E-state index contributed by atoms with van der Waals surface area (Å²) >= 11 is 0. The predicted octanol–water partition coefficient (Wildman–Crippen LogP) is 2.73. The molecule has 1 aliphatic carbocycles. The van der Waals surface area contributed by atoms with Crippen LogP contribution in [0.15, 0.2) is 0 Å². The van der Waals surface area contributed by atoms with Gasteiger partial charge < -0.3 is 5.32 Å². The van der Waals surface area contributed by atoms with Gasteiger partial charge in [-0.15, -0.1) is 0 Å². The molecular weight excluding hydrogens is 134 g/mol. The quantitative estimate of drug-likeness (QED) is 0.659. The van der Waals surface area contributed by atoms with Crippen LogP contribution < -0.4 is 5.32 Å². The summed E-state index contributed by atoms with van der Waals surface area (Å²) in [6, 6.07) is 0.695. The van der Waals surface area contributed by atoms with Crippen molar-refractivity contribution in [3.8, 4) is 0 Å². The second-order valence-electron chi connectivity index (χ2n) is 3.64. The zero-order valence-electron chi connectivity index (χ0n) is 7.77. The van der Waals surface area contributed by atoms with Gasteiger partial charge in [0.05, 0.1) is 0 Å². The van der Waals surface area contributed by atoms with Gasteiger partial charge in [0.2, 0.25) is 0 Å². The summed E-state index contributed by atoms with van der Waals surface area (Å²) in [7, 11) is 0. The van der Waals surface area contributed by atoms with Gasteiger partial charge >= 0.3 is 0 Å². The number of nitrogens with one attached hydrogen (secondary N) is 1. The average molecular weight is 154 g/mol. The van der Waals surface area contributed by atoms with Gasteiger partial charge in [-0.05, 0) is 32.6 Å². The second-order valence-corrected chi connectivity index (χ2v) is 3.64. The minimum absolute atomic E-state index is 0.695. The van der Waals surface area contributed by atoms with Crippen molar-refractivity contribution < 1.29 is 0 Å². The van der Waals surface area contributed by atoms with Crippen molar-refractivity contribution in [2.75, 3.05) is 0 Å². The number of hydrogen-bond acceptors (Lipinski definition) is 1. The van der Waals surface area contributed by atoms with Crippen LogP contribution in [0.2, 0.25) is 0 Å². The lowest BCUT2D eigenvalue weighted by Crippen LogP contribution is -2.32. The Morgan fingerprint density at radius 2 is 1.91 bits per heavy atom. The summed E-state index contributed by atoms with van der Waals surface area (Å²) in [5, 5.41) is 3.39.